The number of hydrogen-bond donors (Lipinski definition) is 2. The summed E-state index contributed by atoms with van der Waals surface area (Å²) in [4.78, 5) is 12.1. The first kappa shape index (κ1) is 15.2. The highest BCUT2D eigenvalue weighted by Gasteiger charge is 2.20. The van der Waals surface area contributed by atoms with Gasteiger partial charge in [0.1, 0.15) is 5.82 Å². The van der Waals surface area contributed by atoms with Crippen molar-refractivity contribution in [3.8, 4) is 5.69 Å². The number of nitrogens with zero attached hydrogens (tertiary/aromatic N) is 2. The van der Waals surface area contributed by atoms with Crippen molar-refractivity contribution in [3.05, 3.63) is 47.5 Å². The number of carbonyl (C=O) groups is 1. The van der Waals surface area contributed by atoms with Gasteiger partial charge in [0, 0.05) is 13.1 Å². The molecule has 0 atom stereocenters. The maximum Gasteiger partial charge on any atom is 0.254 e. The van der Waals surface area contributed by atoms with Gasteiger partial charge in [-0.2, -0.15) is 5.10 Å². The van der Waals surface area contributed by atoms with Gasteiger partial charge in [-0.15, -0.1) is 0 Å². The zero-order valence-corrected chi connectivity index (χ0v) is 12.1. The Morgan fingerprint density at radius 3 is 2.62 bits per heavy atom. The molecule has 0 unspecified atom stereocenters. The molecule has 21 heavy (non-hydrogen) atoms. The third kappa shape index (κ3) is 3.28. The Labute approximate surface area is 123 Å². The average Bonchev–Trinajstić information content (AvgIpc) is 2.90. The van der Waals surface area contributed by atoms with Gasteiger partial charge in [-0.25, -0.2) is 9.07 Å². The lowest BCUT2D eigenvalue weighted by Gasteiger charge is -2.12. The van der Waals surface area contributed by atoms with Crippen LogP contribution in [-0.2, 0) is 0 Å². The summed E-state index contributed by atoms with van der Waals surface area (Å²) in [7, 11) is 0. The van der Waals surface area contributed by atoms with E-state index in [9.17, 15) is 9.18 Å². The molecule has 112 valence electrons. The second-order valence-electron chi connectivity index (χ2n) is 5.03. The van der Waals surface area contributed by atoms with E-state index in [4.69, 9.17) is 5.73 Å². The van der Waals surface area contributed by atoms with Gasteiger partial charge in [0.15, 0.2) is 0 Å². The molecule has 0 saturated carbocycles. The van der Waals surface area contributed by atoms with Crippen LogP contribution >= 0.6 is 0 Å². The second-order valence-corrected chi connectivity index (χ2v) is 5.03. The fourth-order valence-corrected chi connectivity index (χ4v) is 2.16. The lowest BCUT2D eigenvalue weighted by atomic mass is 10.1. The molecule has 0 saturated heterocycles. The van der Waals surface area contributed by atoms with Crippen molar-refractivity contribution < 1.29 is 9.18 Å². The highest BCUT2D eigenvalue weighted by Crippen LogP contribution is 2.23. The molecule has 0 fully saturated rings. The van der Waals surface area contributed by atoms with Gasteiger partial charge >= 0.3 is 0 Å². The molecule has 0 bridgehead atoms. The molecule has 6 heteroatoms. The molecule has 0 spiro atoms. The third-order valence-electron chi connectivity index (χ3n) is 3.10. The normalized spacial score (nSPS) is 10.9. The van der Waals surface area contributed by atoms with Gasteiger partial charge in [0.25, 0.3) is 5.91 Å². The first-order chi connectivity index (χ1) is 10.0. The van der Waals surface area contributed by atoms with E-state index in [1.54, 1.807) is 16.8 Å². The number of aromatic nitrogens is 2. The number of hydrogen-bond acceptors (Lipinski definition) is 3. The molecular formula is C15H19FN4O. The number of rotatable bonds is 5. The smallest absolute Gasteiger partial charge is 0.254 e. The van der Waals surface area contributed by atoms with Crippen molar-refractivity contribution in [3.63, 3.8) is 0 Å². The predicted molar refractivity (Wildman–Crippen MR) is 79.0 cm³/mol. The molecule has 0 aliphatic heterocycles. The lowest BCUT2D eigenvalue weighted by molar-refractivity contribution is 0.0953. The third-order valence-corrected chi connectivity index (χ3v) is 3.10. The van der Waals surface area contributed by atoms with Gasteiger partial charge in [0.05, 0.1) is 23.1 Å². The van der Waals surface area contributed by atoms with Gasteiger partial charge in [-0.1, -0.05) is 13.8 Å². The molecule has 2 aromatic rings. The van der Waals surface area contributed by atoms with Gasteiger partial charge in [-0.05, 0) is 30.2 Å². The maximum absolute atomic E-state index is 13.0. The SMILES string of the molecule is CC(C)c1c(C(=O)NCCN)cnn1-c1ccc(F)cc1. The van der Waals surface area contributed by atoms with E-state index in [0.29, 0.717) is 18.7 Å². The van der Waals surface area contributed by atoms with Gasteiger partial charge in [-0.3, -0.25) is 4.79 Å². The number of carbonyl (C=O) groups excluding carboxylic acids is 1. The fourth-order valence-electron chi connectivity index (χ4n) is 2.16. The van der Waals surface area contributed by atoms with Crippen molar-refractivity contribution in [2.45, 2.75) is 19.8 Å². The van der Waals surface area contributed by atoms with Crippen molar-refractivity contribution in [1.82, 2.24) is 15.1 Å². The molecular weight excluding hydrogens is 271 g/mol. The number of amides is 1. The van der Waals surface area contributed by atoms with Crippen molar-refractivity contribution >= 4 is 5.91 Å². The minimum absolute atomic E-state index is 0.0937. The van der Waals surface area contributed by atoms with E-state index < -0.39 is 0 Å². The standard InChI is InChI=1S/C15H19FN4O/c1-10(2)14-13(15(21)18-8-7-17)9-19-20(14)12-5-3-11(16)4-6-12/h3-6,9-10H,7-8,17H2,1-2H3,(H,18,21). The van der Waals surface area contributed by atoms with E-state index in [1.165, 1.54) is 18.3 Å². The minimum atomic E-state index is -0.307. The predicted octanol–water partition coefficient (Wildman–Crippen LogP) is 1.82. The summed E-state index contributed by atoms with van der Waals surface area (Å²) in [6, 6.07) is 6.01. The topological polar surface area (TPSA) is 72.9 Å². The zero-order chi connectivity index (χ0) is 15.4. The van der Waals surface area contributed by atoms with Gasteiger partial charge in [0.2, 0.25) is 0 Å². The summed E-state index contributed by atoms with van der Waals surface area (Å²) < 4.78 is 14.7. The summed E-state index contributed by atoms with van der Waals surface area (Å²) in [6.07, 6.45) is 1.53. The second kappa shape index (κ2) is 6.49. The highest BCUT2D eigenvalue weighted by molar-refractivity contribution is 5.95. The molecule has 0 aliphatic carbocycles. The van der Waals surface area contributed by atoms with E-state index in [2.05, 4.69) is 10.4 Å². The molecule has 1 aromatic carbocycles. The number of benzene rings is 1. The van der Waals surface area contributed by atoms with E-state index >= 15 is 0 Å². The zero-order valence-electron chi connectivity index (χ0n) is 12.1. The Bertz CT molecular complexity index is 619. The first-order valence-electron chi connectivity index (χ1n) is 6.86. The molecule has 0 radical (unpaired) electrons. The van der Waals surface area contributed by atoms with Crippen molar-refractivity contribution in [2.75, 3.05) is 13.1 Å². The molecule has 2 rings (SSSR count). The summed E-state index contributed by atoms with van der Waals surface area (Å²) in [5.41, 5.74) is 7.42. The van der Waals surface area contributed by atoms with E-state index in [-0.39, 0.29) is 17.6 Å². The fraction of sp³-hybridized carbons (Fsp3) is 0.333. The van der Waals surface area contributed by atoms with Crippen molar-refractivity contribution in [1.29, 1.82) is 0 Å². The monoisotopic (exact) mass is 290 g/mol. The molecule has 5 nitrogen and oxygen atoms in total. The Kier molecular flexibility index (Phi) is 4.70. The van der Waals surface area contributed by atoms with Crippen LogP contribution in [0.2, 0.25) is 0 Å². The van der Waals surface area contributed by atoms with Crippen LogP contribution in [0.1, 0.15) is 35.8 Å². The summed E-state index contributed by atoms with van der Waals surface area (Å²) in [5, 5.41) is 7.01. The quantitative estimate of drug-likeness (QED) is 0.882. The Balaban J connectivity index is 2.41. The Morgan fingerprint density at radius 2 is 2.05 bits per heavy atom. The van der Waals surface area contributed by atoms with Crippen LogP contribution in [-0.4, -0.2) is 28.8 Å². The van der Waals surface area contributed by atoms with Crippen LogP contribution < -0.4 is 11.1 Å². The molecule has 1 aromatic heterocycles. The van der Waals surface area contributed by atoms with Crippen LogP contribution in [0.5, 0.6) is 0 Å². The Morgan fingerprint density at radius 1 is 1.38 bits per heavy atom. The van der Waals surface area contributed by atoms with Crippen LogP contribution in [0, 0.1) is 5.82 Å². The van der Waals surface area contributed by atoms with E-state index in [1.807, 2.05) is 13.8 Å². The van der Waals surface area contributed by atoms with Crippen LogP contribution in [0.25, 0.3) is 5.69 Å². The largest absolute Gasteiger partial charge is 0.351 e. The van der Waals surface area contributed by atoms with Crippen LogP contribution in [0.15, 0.2) is 30.5 Å². The van der Waals surface area contributed by atoms with Crippen molar-refractivity contribution in [2.24, 2.45) is 5.73 Å². The molecule has 3 N–H and O–H groups in total. The maximum atomic E-state index is 13.0. The van der Waals surface area contributed by atoms with Crippen LogP contribution in [0.4, 0.5) is 4.39 Å². The lowest BCUT2D eigenvalue weighted by Crippen LogP contribution is -2.29. The van der Waals surface area contributed by atoms with Gasteiger partial charge < -0.3 is 11.1 Å². The molecule has 0 aliphatic rings. The average molecular weight is 290 g/mol. The van der Waals surface area contributed by atoms with E-state index in [0.717, 1.165) is 11.4 Å². The molecule has 1 amide bonds. The minimum Gasteiger partial charge on any atom is -0.351 e. The molecule has 1 heterocycles. The summed E-state index contributed by atoms with van der Waals surface area (Å²) in [5.74, 6) is -0.411. The highest BCUT2D eigenvalue weighted by atomic mass is 19.1. The summed E-state index contributed by atoms with van der Waals surface area (Å²) in [6.45, 7) is 4.76. The Hall–Kier alpha value is -2.21. The first-order valence-corrected chi connectivity index (χ1v) is 6.86. The number of nitrogens with two attached hydrogens (primary N) is 1. The number of nitrogens with one attached hydrogen (secondary N) is 1. The summed E-state index contributed by atoms with van der Waals surface area (Å²) >= 11 is 0. The number of halogens is 1. The van der Waals surface area contributed by atoms with Crippen LogP contribution in [0.3, 0.4) is 0 Å².